The number of carbonyl (C=O) groups excluding carboxylic acids is 2. The van der Waals surface area contributed by atoms with E-state index in [0.29, 0.717) is 5.56 Å². The van der Waals surface area contributed by atoms with Crippen LogP contribution >= 0.6 is 0 Å². The number of amides is 1. The zero-order chi connectivity index (χ0) is 17.7. The second-order valence-electron chi connectivity index (χ2n) is 5.72. The fourth-order valence-electron chi connectivity index (χ4n) is 2.38. The minimum atomic E-state index is -0.643. The van der Waals surface area contributed by atoms with Gasteiger partial charge in [0, 0.05) is 5.56 Å². The van der Waals surface area contributed by atoms with Crippen LogP contribution in [0.1, 0.15) is 53.9 Å². The molecule has 0 aliphatic heterocycles. The summed E-state index contributed by atoms with van der Waals surface area (Å²) in [4.78, 5) is 24.2. The van der Waals surface area contributed by atoms with Gasteiger partial charge in [-0.05, 0) is 29.7 Å². The molecule has 0 spiro atoms. The van der Waals surface area contributed by atoms with E-state index < -0.39 is 23.7 Å². The van der Waals surface area contributed by atoms with Crippen LogP contribution in [0.2, 0.25) is 0 Å². The zero-order valence-electron chi connectivity index (χ0n) is 13.8. The second-order valence-corrected chi connectivity index (χ2v) is 5.72. The molecule has 0 saturated heterocycles. The Balaban J connectivity index is 2.24. The summed E-state index contributed by atoms with van der Waals surface area (Å²) in [5, 5.41) is 2.76. The normalized spacial score (nSPS) is 12.0. The van der Waals surface area contributed by atoms with E-state index in [1.807, 2.05) is 13.8 Å². The standard InChI is InChI=1S/C18H20FNO4/c1-11(2)14-8-9-24-17(14)18(22)20-15(10-16(21)23-3)12-4-6-13(19)7-5-12/h4-9,11,15H,10H2,1-3H3,(H,20,22)/t15-/m1/s1. The molecular weight excluding hydrogens is 313 g/mol. The van der Waals surface area contributed by atoms with Crippen molar-refractivity contribution in [3.05, 3.63) is 59.3 Å². The maximum absolute atomic E-state index is 13.1. The minimum Gasteiger partial charge on any atom is -0.469 e. The molecule has 1 aromatic heterocycles. The SMILES string of the molecule is COC(=O)C[C@@H](NC(=O)c1occc1C(C)C)c1ccc(F)cc1. The number of esters is 1. The Labute approximate surface area is 139 Å². The molecule has 1 heterocycles. The van der Waals surface area contributed by atoms with E-state index in [1.165, 1.54) is 37.6 Å². The minimum absolute atomic E-state index is 0.0639. The zero-order valence-corrected chi connectivity index (χ0v) is 13.8. The van der Waals surface area contributed by atoms with Crippen LogP contribution in [-0.4, -0.2) is 19.0 Å². The molecule has 0 radical (unpaired) electrons. The molecule has 0 saturated carbocycles. The third-order valence-corrected chi connectivity index (χ3v) is 3.70. The summed E-state index contributed by atoms with van der Waals surface area (Å²) < 4.78 is 23.1. The van der Waals surface area contributed by atoms with Crippen molar-refractivity contribution in [1.29, 1.82) is 0 Å². The predicted molar refractivity (Wildman–Crippen MR) is 86.0 cm³/mol. The van der Waals surface area contributed by atoms with Crippen LogP contribution in [0.5, 0.6) is 0 Å². The number of halogens is 1. The highest BCUT2D eigenvalue weighted by Gasteiger charge is 2.23. The molecule has 1 N–H and O–H groups in total. The van der Waals surface area contributed by atoms with Crippen LogP contribution in [0, 0.1) is 5.82 Å². The molecule has 5 nitrogen and oxygen atoms in total. The summed E-state index contributed by atoms with van der Waals surface area (Å²) in [6.07, 6.45) is 1.39. The molecule has 1 amide bonds. The van der Waals surface area contributed by atoms with Gasteiger partial charge in [-0.1, -0.05) is 26.0 Å². The average Bonchev–Trinajstić information content (AvgIpc) is 3.04. The highest BCUT2D eigenvalue weighted by Crippen LogP contribution is 2.23. The first-order valence-electron chi connectivity index (χ1n) is 7.63. The Bertz CT molecular complexity index is 706. The quantitative estimate of drug-likeness (QED) is 0.821. The smallest absolute Gasteiger partial charge is 0.307 e. The van der Waals surface area contributed by atoms with E-state index in [9.17, 15) is 14.0 Å². The summed E-state index contributed by atoms with van der Waals surface area (Å²) in [6, 6.07) is 6.70. The van der Waals surface area contributed by atoms with Crippen LogP contribution in [0.15, 0.2) is 41.0 Å². The van der Waals surface area contributed by atoms with E-state index in [-0.39, 0.29) is 18.1 Å². The van der Waals surface area contributed by atoms with Crippen molar-refractivity contribution in [2.75, 3.05) is 7.11 Å². The van der Waals surface area contributed by atoms with Crippen molar-refractivity contribution in [3.8, 4) is 0 Å². The number of carbonyl (C=O) groups is 2. The van der Waals surface area contributed by atoms with Crippen molar-refractivity contribution in [1.82, 2.24) is 5.32 Å². The summed E-state index contributed by atoms with van der Waals surface area (Å²) in [5.74, 6) is -0.971. The molecule has 24 heavy (non-hydrogen) atoms. The van der Waals surface area contributed by atoms with Gasteiger partial charge in [0.1, 0.15) is 5.82 Å². The molecule has 0 fully saturated rings. The summed E-state index contributed by atoms with van der Waals surface area (Å²) >= 11 is 0. The highest BCUT2D eigenvalue weighted by atomic mass is 19.1. The van der Waals surface area contributed by atoms with Crippen molar-refractivity contribution in [3.63, 3.8) is 0 Å². The Morgan fingerprint density at radius 1 is 1.21 bits per heavy atom. The van der Waals surface area contributed by atoms with Crippen LogP contribution in [0.4, 0.5) is 4.39 Å². The molecule has 1 atom stereocenters. The summed E-state index contributed by atoms with van der Waals surface area (Å²) in [7, 11) is 1.27. The van der Waals surface area contributed by atoms with Crippen molar-refractivity contribution >= 4 is 11.9 Å². The Morgan fingerprint density at radius 2 is 1.88 bits per heavy atom. The van der Waals surface area contributed by atoms with E-state index in [2.05, 4.69) is 10.1 Å². The molecular formula is C18H20FNO4. The number of hydrogen-bond donors (Lipinski definition) is 1. The molecule has 0 aliphatic rings. The Hall–Kier alpha value is -2.63. The molecule has 128 valence electrons. The van der Waals surface area contributed by atoms with Crippen molar-refractivity contribution < 1.29 is 23.1 Å². The lowest BCUT2D eigenvalue weighted by Crippen LogP contribution is -2.31. The molecule has 2 rings (SSSR count). The average molecular weight is 333 g/mol. The monoisotopic (exact) mass is 333 g/mol. The fourth-order valence-corrected chi connectivity index (χ4v) is 2.38. The maximum atomic E-state index is 13.1. The Kier molecular flexibility index (Phi) is 5.73. The number of ether oxygens (including phenoxy) is 1. The van der Waals surface area contributed by atoms with Crippen LogP contribution in [0.25, 0.3) is 0 Å². The van der Waals surface area contributed by atoms with Gasteiger partial charge in [-0.15, -0.1) is 0 Å². The van der Waals surface area contributed by atoms with Gasteiger partial charge in [0.2, 0.25) is 0 Å². The molecule has 1 aromatic carbocycles. The molecule has 0 bridgehead atoms. The molecule has 6 heteroatoms. The van der Waals surface area contributed by atoms with Gasteiger partial charge in [-0.2, -0.15) is 0 Å². The number of hydrogen-bond acceptors (Lipinski definition) is 4. The molecule has 2 aromatic rings. The first-order chi connectivity index (χ1) is 11.4. The topological polar surface area (TPSA) is 68.5 Å². The number of furan rings is 1. The van der Waals surface area contributed by atoms with Crippen LogP contribution < -0.4 is 5.32 Å². The lowest BCUT2D eigenvalue weighted by atomic mass is 10.0. The van der Waals surface area contributed by atoms with Crippen LogP contribution in [0.3, 0.4) is 0 Å². The Morgan fingerprint density at radius 3 is 2.46 bits per heavy atom. The second kappa shape index (κ2) is 7.77. The number of benzene rings is 1. The van der Waals surface area contributed by atoms with E-state index in [4.69, 9.17) is 4.42 Å². The van der Waals surface area contributed by atoms with Crippen LogP contribution in [-0.2, 0) is 9.53 Å². The van der Waals surface area contributed by atoms with Gasteiger partial charge in [-0.3, -0.25) is 9.59 Å². The predicted octanol–water partition coefficient (Wildman–Crippen LogP) is 3.58. The third kappa shape index (κ3) is 4.22. The fraction of sp³-hybridized carbons (Fsp3) is 0.333. The summed E-state index contributed by atoms with van der Waals surface area (Å²) in [5.41, 5.74) is 1.39. The van der Waals surface area contributed by atoms with Gasteiger partial charge in [0.05, 0.1) is 25.8 Å². The molecule has 0 unspecified atom stereocenters. The summed E-state index contributed by atoms with van der Waals surface area (Å²) in [6.45, 7) is 3.90. The number of rotatable bonds is 6. The first kappa shape index (κ1) is 17.7. The van der Waals surface area contributed by atoms with Gasteiger partial charge in [-0.25, -0.2) is 4.39 Å². The highest BCUT2D eigenvalue weighted by molar-refractivity contribution is 5.93. The number of nitrogens with one attached hydrogen (secondary N) is 1. The molecule has 0 aliphatic carbocycles. The van der Waals surface area contributed by atoms with Crippen molar-refractivity contribution in [2.45, 2.75) is 32.2 Å². The third-order valence-electron chi connectivity index (χ3n) is 3.70. The lowest BCUT2D eigenvalue weighted by molar-refractivity contribution is -0.141. The van der Waals surface area contributed by atoms with Gasteiger partial charge in [0.15, 0.2) is 5.76 Å². The first-order valence-corrected chi connectivity index (χ1v) is 7.63. The van der Waals surface area contributed by atoms with Gasteiger partial charge in [0.25, 0.3) is 5.91 Å². The van der Waals surface area contributed by atoms with Crippen molar-refractivity contribution in [2.24, 2.45) is 0 Å². The largest absolute Gasteiger partial charge is 0.469 e. The van der Waals surface area contributed by atoms with Gasteiger partial charge >= 0.3 is 5.97 Å². The van der Waals surface area contributed by atoms with E-state index >= 15 is 0 Å². The lowest BCUT2D eigenvalue weighted by Gasteiger charge is -2.18. The number of methoxy groups -OCH3 is 1. The van der Waals surface area contributed by atoms with Gasteiger partial charge < -0.3 is 14.5 Å². The maximum Gasteiger partial charge on any atom is 0.307 e. The van der Waals surface area contributed by atoms with E-state index in [0.717, 1.165) is 5.56 Å². The van der Waals surface area contributed by atoms with E-state index in [1.54, 1.807) is 6.07 Å².